The van der Waals surface area contributed by atoms with Crippen LogP contribution in [0, 0.1) is 5.82 Å². The molecule has 2 N–H and O–H groups in total. The molecule has 1 unspecified atom stereocenters. The van der Waals surface area contributed by atoms with Crippen LogP contribution in [0.1, 0.15) is 25.0 Å². The van der Waals surface area contributed by atoms with Gasteiger partial charge in [-0.1, -0.05) is 17.7 Å². The summed E-state index contributed by atoms with van der Waals surface area (Å²) in [5, 5.41) is 0. The van der Waals surface area contributed by atoms with E-state index in [4.69, 9.17) is 5.73 Å². The number of hydrogen-bond donors (Lipinski definition) is 1. The second kappa shape index (κ2) is 4.87. The number of benzene rings is 1. The molecule has 0 aliphatic carbocycles. The highest BCUT2D eigenvalue weighted by Crippen LogP contribution is 2.32. The van der Waals surface area contributed by atoms with Gasteiger partial charge in [-0.3, -0.25) is 0 Å². The first kappa shape index (κ1) is 13.7. The lowest BCUT2D eigenvalue weighted by atomic mass is 10.0. The van der Waals surface area contributed by atoms with Gasteiger partial charge in [0, 0.05) is 6.04 Å². The number of nitrogens with two attached hydrogens (primary N) is 1. The average molecular weight is 247 g/mol. The lowest BCUT2D eigenvalue weighted by Gasteiger charge is -2.10. The monoisotopic (exact) mass is 247 g/mol. The van der Waals surface area contributed by atoms with Crippen molar-refractivity contribution in [3.8, 4) is 0 Å². The summed E-state index contributed by atoms with van der Waals surface area (Å²) in [7, 11) is 0. The largest absolute Gasteiger partial charge is 0.419 e. The average Bonchev–Trinajstić information content (AvgIpc) is 2.19. The summed E-state index contributed by atoms with van der Waals surface area (Å²) < 4.78 is 50.3. The van der Waals surface area contributed by atoms with Crippen molar-refractivity contribution < 1.29 is 17.6 Å². The van der Waals surface area contributed by atoms with E-state index in [1.54, 1.807) is 13.8 Å². The van der Waals surface area contributed by atoms with E-state index in [0.29, 0.717) is 0 Å². The maximum atomic E-state index is 13.0. The summed E-state index contributed by atoms with van der Waals surface area (Å²) >= 11 is 0. The first-order chi connectivity index (χ1) is 7.71. The predicted molar refractivity (Wildman–Crippen MR) is 58.7 cm³/mol. The third kappa shape index (κ3) is 3.56. The molecule has 0 saturated heterocycles. The van der Waals surface area contributed by atoms with Crippen molar-refractivity contribution in [2.45, 2.75) is 26.1 Å². The molecule has 0 heterocycles. The number of alkyl halides is 3. The van der Waals surface area contributed by atoms with Gasteiger partial charge in [-0.25, -0.2) is 4.39 Å². The second-order valence-electron chi connectivity index (χ2n) is 3.91. The summed E-state index contributed by atoms with van der Waals surface area (Å²) in [4.78, 5) is 0. The van der Waals surface area contributed by atoms with Gasteiger partial charge in [-0.15, -0.1) is 0 Å². The molecule has 1 aromatic rings. The highest BCUT2D eigenvalue weighted by atomic mass is 19.4. The first-order valence-electron chi connectivity index (χ1n) is 5.02. The van der Waals surface area contributed by atoms with Crippen LogP contribution in [-0.4, -0.2) is 6.04 Å². The highest BCUT2D eigenvalue weighted by Gasteiger charge is 2.33. The standard InChI is InChI=1S/C12H13F4N/c1-7(8(2)17)5-9-3-4-11(13)10(6-9)12(14,15)16/h3-6,8H,17H2,1-2H3/b7-5+. The van der Waals surface area contributed by atoms with Crippen molar-refractivity contribution in [1.82, 2.24) is 0 Å². The van der Waals surface area contributed by atoms with E-state index in [-0.39, 0.29) is 11.6 Å². The zero-order chi connectivity index (χ0) is 13.2. The van der Waals surface area contributed by atoms with E-state index in [1.807, 2.05) is 0 Å². The Morgan fingerprint density at radius 1 is 1.35 bits per heavy atom. The quantitative estimate of drug-likeness (QED) is 0.794. The molecule has 0 aromatic heterocycles. The van der Waals surface area contributed by atoms with E-state index in [1.165, 1.54) is 12.1 Å². The lowest BCUT2D eigenvalue weighted by molar-refractivity contribution is -0.140. The summed E-state index contributed by atoms with van der Waals surface area (Å²) in [5.74, 6) is -1.27. The zero-order valence-electron chi connectivity index (χ0n) is 9.48. The van der Waals surface area contributed by atoms with Crippen molar-refractivity contribution in [2.24, 2.45) is 5.73 Å². The van der Waals surface area contributed by atoms with Gasteiger partial charge in [0.15, 0.2) is 0 Å². The van der Waals surface area contributed by atoms with Crippen LogP contribution in [0.15, 0.2) is 23.8 Å². The van der Waals surface area contributed by atoms with Crippen LogP contribution in [0.2, 0.25) is 0 Å². The van der Waals surface area contributed by atoms with Gasteiger partial charge in [0.1, 0.15) is 5.82 Å². The fourth-order valence-corrected chi connectivity index (χ4v) is 1.24. The molecule has 0 spiro atoms. The second-order valence-corrected chi connectivity index (χ2v) is 3.91. The molecule has 94 valence electrons. The third-order valence-electron chi connectivity index (χ3n) is 2.41. The van der Waals surface area contributed by atoms with Gasteiger partial charge >= 0.3 is 6.18 Å². The molecular formula is C12H13F4N. The summed E-state index contributed by atoms with van der Waals surface area (Å²) in [6, 6.07) is 2.62. The molecule has 1 nitrogen and oxygen atoms in total. The predicted octanol–water partition coefficient (Wildman–Crippen LogP) is 3.60. The SMILES string of the molecule is C/C(=C\c1ccc(F)c(C(F)(F)F)c1)C(C)N. The molecular weight excluding hydrogens is 234 g/mol. The van der Waals surface area contributed by atoms with Gasteiger partial charge in [-0.05, 0) is 31.5 Å². The Kier molecular flexibility index (Phi) is 3.93. The number of hydrogen-bond acceptors (Lipinski definition) is 1. The van der Waals surface area contributed by atoms with Gasteiger partial charge in [-0.2, -0.15) is 13.2 Å². The topological polar surface area (TPSA) is 26.0 Å². The molecule has 0 saturated carbocycles. The Morgan fingerprint density at radius 3 is 2.41 bits per heavy atom. The first-order valence-corrected chi connectivity index (χ1v) is 5.02. The van der Waals surface area contributed by atoms with Crippen LogP contribution in [-0.2, 0) is 6.18 Å². The Hall–Kier alpha value is -1.36. The van der Waals surface area contributed by atoms with Crippen molar-refractivity contribution in [3.63, 3.8) is 0 Å². The van der Waals surface area contributed by atoms with E-state index < -0.39 is 17.6 Å². The minimum absolute atomic E-state index is 0.255. The Morgan fingerprint density at radius 2 is 1.94 bits per heavy atom. The number of halogens is 4. The van der Waals surface area contributed by atoms with Crippen molar-refractivity contribution in [1.29, 1.82) is 0 Å². The van der Waals surface area contributed by atoms with Crippen molar-refractivity contribution in [2.75, 3.05) is 0 Å². The van der Waals surface area contributed by atoms with Gasteiger partial charge in [0.05, 0.1) is 5.56 Å². The molecule has 0 aliphatic heterocycles. The Balaban J connectivity index is 3.18. The molecule has 0 fully saturated rings. The van der Waals surface area contributed by atoms with Crippen LogP contribution in [0.4, 0.5) is 17.6 Å². The molecule has 0 amide bonds. The molecule has 5 heteroatoms. The minimum Gasteiger partial charge on any atom is -0.324 e. The normalized spacial score (nSPS) is 14.9. The van der Waals surface area contributed by atoms with E-state index in [0.717, 1.165) is 17.7 Å². The molecule has 0 radical (unpaired) electrons. The lowest BCUT2D eigenvalue weighted by Crippen LogP contribution is -2.15. The van der Waals surface area contributed by atoms with Gasteiger partial charge in [0.2, 0.25) is 0 Å². The van der Waals surface area contributed by atoms with Crippen LogP contribution in [0.3, 0.4) is 0 Å². The zero-order valence-corrected chi connectivity index (χ0v) is 9.48. The fraction of sp³-hybridized carbons (Fsp3) is 0.333. The third-order valence-corrected chi connectivity index (χ3v) is 2.41. The van der Waals surface area contributed by atoms with Gasteiger partial charge < -0.3 is 5.73 Å². The molecule has 1 rings (SSSR count). The van der Waals surface area contributed by atoms with Crippen molar-refractivity contribution in [3.05, 3.63) is 40.7 Å². The van der Waals surface area contributed by atoms with Crippen LogP contribution >= 0.6 is 0 Å². The minimum atomic E-state index is -4.68. The molecule has 17 heavy (non-hydrogen) atoms. The fourth-order valence-electron chi connectivity index (χ4n) is 1.24. The maximum Gasteiger partial charge on any atom is 0.419 e. The highest BCUT2D eigenvalue weighted by molar-refractivity contribution is 5.54. The molecule has 1 aromatic carbocycles. The summed E-state index contributed by atoms with van der Waals surface area (Å²) in [6.07, 6.45) is -3.17. The van der Waals surface area contributed by atoms with Crippen LogP contribution in [0.25, 0.3) is 6.08 Å². The van der Waals surface area contributed by atoms with Crippen molar-refractivity contribution >= 4 is 6.08 Å². The van der Waals surface area contributed by atoms with Crippen LogP contribution < -0.4 is 5.73 Å². The Labute approximate surface area is 96.9 Å². The van der Waals surface area contributed by atoms with E-state index in [2.05, 4.69) is 0 Å². The molecule has 1 atom stereocenters. The maximum absolute atomic E-state index is 13.0. The number of rotatable bonds is 2. The van der Waals surface area contributed by atoms with Crippen LogP contribution in [0.5, 0.6) is 0 Å². The summed E-state index contributed by atoms with van der Waals surface area (Å²) in [5.41, 5.74) is 5.32. The van der Waals surface area contributed by atoms with Gasteiger partial charge in [0.25, 0.3) is 0 Å². The van der Waals surface area contributed by atoms with E-state index in [9.17, 15) is 17.6 Å². The van der Waals surface area contributed by atoms with E-state index >= 15 is 0 Å². The summed E-state index contributed by atoms with van der Waals surface area (Å²) in [6.45, 7) is 3.43. The smallest absolute Gasteiger partial charge is 0.324 e. The Bertz CT molecular complexity index is 433. The molecule has 0 aliphatic rings. The molecule has 0 bridgehead atoms.